The number of halogens is 1. The van der Waals surface area contributed by atoms with Gasteiger partial charge in [-0.05, 0) is 29.8 Å². The maximum absolute atomic E-state index is 12.7. The number of rotatable bonds is 4. The Kier molecular flexibility index (Phi) is 5.62. The Morgan fingerprint density at radius 2 is 2.04 bits per heavy atom. The SMILES string of the molecule is CC(=O)N1C[C@@H](C)Sc2ccc(S(=O)(=O)NCc3ccccc3Cl)cc21. The highest BCUT2D eigenvalue weighted by atomic mass is 35.5. The number of sulfonamides is 1. The van der Waals surface area contributed by atoms with E-state index in [1.165, 1.54) is 6.92 Å². The third-order valence-corrected chi connectivity index (χ3v) is 7.01. The van der Waals surface area contributed by atoms with Gasteiger partial charge in [-0.1, -0.05) is 36.7 Å². The van der Waals surface area contributed by atoms with Crippen molar-refractivity contribution in [1.82, 2.24) is 4.72 Å². The first-order valence-electron chi connectivity index (χ1n) is 8.10. The van der Waals surface area contributed by atoms with Gasteiger partial charge in [-0.25, -0.2) is 13.1 Å². The molecule has 1 amide bonds. The Morgan fingerprint density at radius 3 is 2.73 bits per heavy atom. The average molecular weight is 411 g/mol. The average Bonchev–Trinajstić information content (AvgIpc) is 2.59. The van der Waals surface area contributed by atoms with Crippen LogP contribution in [0.4, 0.5) is 5.69 Å². The molecule has 2 aromatic rings. The third kappa shape index (κ3) is 4.06. The fourth-order valence-electron chi connectivity index (χ4n) is 2.78. The minimum Gasteiger partial charge on any atom is -0.310 e. The fraction of sp³-hybridized carbons (Fsp3) is 0.278. The monoisotopic (exact) mass is 410 g/mol. The van der Waals surface area contributed by atoms with E-state index in [-0.39, 0.29) is 22.6 Å². The van der Waals surface area contributed by atoms with Gasteiger partial charge in [-0.3, -0.25) is 4.79 Å². The van der Waals surface area contributed by atoms with Crippen LogP contribution in [0.2, 0.25) is 5.02 Å². The number of hydrogen-bond donors (Lipinski definition) is 1. The lowest BCUT2D eigenvalue weighted by Crippen LogP contribution is -2.37. The van der Waals surface area contributed by atoms with Crippen LogP contribution in [-0.4, -0.2) is 26.1 Å². The summed E-state index contributed by atoms with van der Waals surface area (Å²) in [6.45, 7) is 4.19. The predicted molar refractivity (Wildman–Crippen MR) is 105 cm³/mol. The molecule has 26 heavy (non-hydrogen) atoms. The number of carbonyl (C=O) groups is 1. The topological polar surface area (TPSA) is 66.5 Å². The highest BCUT2D eigenvalue weighted by Gasteiger charge is 2.27. The van der Waals surface area contributed by atoms with Crippen molar-refractivity contribution in [2.24, 2.45) is 0 Å². The molecule has 2 aromatic carbocycles. The maximum atomic E-state index is 12.7. The van der Waals surface area contributed by atoms with Crippen LogP contribution in [0.15, 0.2) is 52.3 Å². The van der Waals surface area contributed by atoms with Gasteiger partial charge in [0.15, 0.2) is 0 Å². The van der Waals surface area contributed by atoms with Gasteiger partial charge in [-0.15, -0.1) is 11.8 Å². The molecule has 3 rings (SSSR count). The minimum atomic E-state index is -3.73. The van der Waals surface area contributed by atoms with Crippen LogP contribution in [0.3, 0.4) is 0 Å². The summed E-state index contributed by atoms with van der Waals surface area (Å²) in [4.78, 5) is 14.6. The summed E-state index contributed by atoms with van der Waals surface area (Å²) in [5, 5.41) is 0.765. The Hall–Kier alpha value is -1.54. The van der Waals surface area contributed by atoms with Gasteiger partial charge in [0.25, 0.3) is 0 Å². The van der Waals surface area contributed by atoms with Gasteiger partial charge in [0.1, 0.15) is 0 Å². The van der Waals surface area contributed by atoms with Crippen LogP contribution in [0.5, 0.6) is 0 Å². The number of anilines is 1. The Bertz CT molecular complexity index is 947. The van der Waals surface area contributed by atoms with Gasteiger partial charge in [0.2, 0.25) is 15.9 Å². The number of fused-ring (bicyclic) bond motifs is 1. The molecule has 0 bridgehead atoms. The second kappa shape index (κ2) is 7.60. The number of hydrogen-bond acceptors (Lipinski definition) is 4. The van der Waals surface area contributed by atoms with Crippen molar-refractivity contribution < 1.29 is 13.2 Å². The number of benzene rings is 2. The first-order valence-corrected chi connectivity index (χ1v) is 10.8. The van der Waals surface area contributed by atoms with E-state index in [9.17, 15) is 13.2 Å². The molecule has 0 fully saturated rings. The number of amides is 1. The quantitative estimate of drug-likeness (QED) is 0.835. The maximum Gasteiger partial charge on any atom is 0.240 e. The smallest absolute Gasteiger partial charge is 0.240 e. The normalized spacial score (nSPS) is 17.0. The third-order valence-electron chi connectivity index (χ3n) is 4.09. The molecular weight excluding hydrogens is 392 g/mol. The van der Waals surface area contributed by atoms with Crippen molar-refractivity contribution in [2.75, 3.05) is 11.4 Å². The number of thioether (sulfide) groups is 1. The van der Waals surface area contributed by atoms with Gasteiger partial charge in [0.05, 0.1) is 10.6 Å². The molecule has 1 aliphatic rings. The van der Waals surface area contributed by atoms with Crippen LogP contribution >= 0.6 is 23.4 Å². The zero-order valence-electron chi connectivity index (χ0n) is 14.4. The minimum absolute atomic E-state index is 0.0985. The van der Waals surface area contributed by atoms with Crippen molar-refractivity contribution in [1.29, 1.82) is 0 Å². The van der Waals surface area contributed by atoms with Crippen molar-refractivity contribution in [3.05, 3.63) is 53.1 Å². The van der Waals surface area contributed by atoms with Crippen molar-refractivity contribution in [2.45, 2.75) is 35.4 Å². The zero-order chi connectivity index (χ0) is 18.9. The van der Waals surface area contributed by atoms with E-state index in [0.29, 0.717) is 22.8 Å². The molecule has 138 valence electrons. The summed E-state index contributed by atoms with van der Waals surface area (Å²) in [7, 11) is -3.73. The van der Waals surface area contributed by atoms with Gasteiger partial charge in [-0.2, -0.15) is 0 Å². The summed E-state index contributed by atoms with van der Waals surface area (Å²) >= 11 is 7.72. The van der Waals surface area contributed by atoms with Crippen LogP contribution in [-0.2, 0) is 21.4 Å². The Balaban J connectivity index is 1.88. The second-order valence-electron chi connectivity index (χ2n) is 6.10. The van der Waals surface area contributed by atoms with E-state index >= 15 is 0 Å². The summed E-state index contributed by atoms with van der Waals surface area (Å²) in [5.41, 5.74) is 1.34. The first-order chi connectivity index (χ1) is 12.3. The van der Waals surface area contributed by atoms with Crippen molar-refractivity contribution >= 4 is 45.0 Å². The molecular formula is C18H19ClN2O3S2. The summed E-state index contributed by atoms with van der Waals surface area (Å²) < 4.78 is 27.9. The lowest BCUT2D eigenvalue weighted by Gasteiger charge is -2.32. The zero-order valence-corrected chi connectivity index (χ0v) is 16.8. The summed E-state index contributed by atoms with van der Waals surface area (Å²) in [6, 6.07) is 12.0. The lowest BCUT2D eigenvalue weighted by molar-refractivity contribution is -0.116. The van der Waals surface area contributed by atoms with Crippen LogP contribution in [0, 0.1) is 0 Å². The molecule has 1 aliphatic heterocycles. The molecule has 0 aromatic heterocycles. The predicted octanol–water partition coefficient (Wildman–Crippen LogP) is 3.67. The highest BCUT2D eigenvalue weighted by Crippen LogP contribution is 2.39. The molecule has 0 spiro atoms. The first kappa shape index (κ1) is 19.2. The largest absolute Gasteiger partial charge is 0.310 e. The molecule has 0 aliphatic carbocycles. The number of nitrogens with one attached hydrogen (secondary N) is 1. The molecule has 0 saturated heterocycles. The highest BCUT2D eigenvalue weighted by molar-refractivity contribution is 8.00. The van der Waals surface area contributed by atoms with Crippen molar-refractivity contribution in [3.63, 3.8) is 0 Å². The van der Waals surface area contributed by atoms with Crippen LogP contribution < -0.4 is 9.62 Å². The molecule has 0 radical (unpaired) electrons. The number of carbonyl (C=O) groups excluding carboxylic acids is 1. The van der Waals surface area contributed by atoms with Crippen LogP contribution in [0.1, 0.15) is 19.4 Å². The van der Waals surface area contributed by atoms with E-state index in [0.717, 1.165) is 4.90 Å². The molecule has 1 N–H and O–H groups in total. The van der Waals surface area contributed by atoms with Gasteiger partial charge < -0.3 is 4.90 Å². The van der Waals surface area contributed by atoms with Crippen molar-refractivity contribution in [3.8, 4) is 0 Å². The summed E-state index contributed by atoms with van der Waals surface area (Å²) in [6.07, 6.45) is 0. The van der Waals surface area contributed by atoms with E-state index in [2.05, 4.69) is 4.72 Å². The lowest BCUT2D eigenvalue weighted by atomic mass is 10.2. The molecule has 8 heteroatoms. The second-order valence-corrected chi connectivity index (χ2v) is 9.76. The fourth-order valence-corrected chi connectivity index (χ4v) is 5.10. The molecule has 0 unspecified atom stereocenters. The Labute approximate surface area is 162 Å². The van der Waals surface area contributed by atoms with E-state index in [1.807, 2.05) is 6.92 Å². The van der Waals surface area contributed by atoms with E-state index in [4.69, 9.17) is 11.6 Å². The summed E-state index contributed by atoms with van der Waals surface area (Å²) in [5.74, 6) is -0.100. The number of nitrogens with zero attached hydrogens (tertiary/aromatic N) is 1. The van der Waals surface area contributed by atoms with Gasteiger partial charge >= 0.3 is 0 Å². The Morgan fingerprint density at radius 1 is 1.31 bits per heavy atom. The van der Waals surface area contributed by atoms with Gasteiger partial charge in [0, 0.05) is 35.2 Å². The molecule has 0 saturated carbocycles. The standard InChI is InChI=1S/C18H19ClN2O3S2/c1-12-11-21(13(2)22)17-9-15(7-8-18(17)25-12)26(23,24)20-10-14-5-3-4-6-16(14)19/h3-9,12,20H,10-11H2,1-2H3/t12-/m1/s1. The van der Waals surface area contributed by atoms with E-state index in [1.54, 1.807) is 59.1 Å². The van der Waals surface area contributed by atoms with Crippen LogP contribution in [0.25, 0.3) is 0 Å². The molecule has 1 heterocycles. The van der Waals surface area contributed by atoms with E-state index < -0.39 is 10.0 Å². The molecule has 1 atom stereocenters. The molecule has 5 nitrogen and oxygen atoms in total.